The van der Waals surface area contributed by atoms with E-state index in [0.717, 1.165) is 5.34 Å². The number of carbonyl (C=O) groups is 2. The van der Waals surface area contributed by atoms with Crippen LogP contribution in [0.15, 0.2) is 0 Å². The van der Waals surface area contributed by atoms with E-state index in [0.29, 0.717) is 6.42 Å². The van der Waals surface area contributed by atoms with Crippen LogP contribution in [0.3, 0.4) is 0 Å². The van der Waals surface area contributed by atoms with E-state index >= 15 is 0 Å². The van der Waals surface area contributed by atoms with Gasteiger partial charge in [-0.2, -0.15) is 0 Å². The maximum atomic E-state index is 11.0. The predicted molar refractivity (Wildman–Crippen MR) is 45.8 cm³/mol. The van der Waals surface area contributed by atoms with Crippen molar-refractivity contribution in [2.75, 3.05) is 6.61 Å². The molecule has 0 aromatic rings. The molecule has 0 saturated carbocycles. The summed E-state index contributed by atoms with van der Waals surface area (Å²) < 4.78 is 0. The molecule has 80 valence electrons. The fraction of sp³-hybridized carbons (Fsp3) is 0.750. The van der Waals surface area contributed by atoms with E-state index in [-0.39, 0.29) is 18.6 Å². The normalized spacial score (nSPS) is 11.9. The van der Waals surface area contributed by atoms with Gasteiger partial charge in [-0.15, -0.1) is 0 Å². The second-order valence-corrected chi connectivity index (χ2v) is 3.01. The van der Waals surface area contributed by atoms with Crippen LogP contribution in [0.25, 0.3) is 0 Å². The minimum Gasteiger partial charge on any atom is -0.393 e. The standard InChI is InChI=1S/C8H14NO5/c1-6(10)2-3-7(11)4-8(12)5-14-9-13/h6,9-10H,2-5H2,1H3/q+1. The Bertz CT molecular complexity index is 214. The Labute approximate surface area is 81.2 Å². The number of hydrogen-bond acceptors (Lipinski definition) is 5. The van der Waals surface area contributed by atoms with E-state index < -0.39 is 18.5 Å². The molecule has 0 aromatic carbocycles. The van der Waals surface area contributed by atoms with E-state index in [4.69, 9.17) is 5.11 Å². The van der Waals surface area contributed by atoms with Crippen molar-refractivity contribution < 1.29 is 24.9 Å². The molecule has 0 heterocycles. The maximum absolute atomic E-state index is 11.0. The average Bonchev–Trinajstić information content (AvgIpc) is 2.11. The van der Waals surface area contributed by atoms with E-state index in [1.807, 2.05) is 0 Å². The van der Waals surface area contributed by atoms with Crippen LogP contribution in [-0.4, -0.2) is 29.4 Å². The Balaban J connectivity index is 3.60. The van der Waals surface area contributed by atoms with Gasteiger partial charge in [0.2, 0.25) is 11.9 Å². The summed E-state index contributed by atoms with van der Waals surface area (Å²) in [6, 6.07) is 0. The SMILES string of the molecule is CC(O)CCC(=O)CC(=O)CO[NH+]=O. The fourth-order valence-corrected chi connectivity index (χ4v) is 0.839. The molecule has 0 saturated heterocycles. The first-order valence-corrected chi connectivity index (χ1v) is 4.26. The largest absolute Gasteiger partial charge is 0.393 e. The van der Waals surface area contributed by atoms with Gasteiger partial charge in [-0.05, 0) is 13.3 Å². The van der Waals surface area contributed by atoms with E-state index in [9.17, 15) is 14.5 Å². The molecular weight excluding hydrogens is 190 g/mol. The number of nitrogens with one attached hydrogen (secondary N) is 1. The number of aliphatic hydroxyl groups excluding tert-OH is 1. The van der Waals surface area contributed by atoms with Crippen molar-refractivity contribution >= 4 is 11.6 Å². The second kappa shape index (κ2) is 7.14. The molecule has 1 atom stereocenters. The minimum atomic E-state index is -0.548. The smallest absolute Gasteiger partial charge is 0.223 e. The van der Waals surface area contributed by atoms with Gasteiger partial charge in [0.1, 0.15) is 5.78 Å². The number of hydrogen-bond donors (Lipinski definition) is 2. The monoisotopic (exact) mass is 204 g/mol. The Morgan fingerprint density at radius 3 is 2.57 bits per heavy atom. The summed E-state index contributed by atoms with van der Waals surface area (Å²) in [6.45, 7) is 1.16. The third kappa shape index (κ3) is 7.35. The zero-order chi connectivity index (χ0) is 11.0. The summed E-state index contributed by atoms with van der Waals surface area (Å²) >= 11 is 0. The number of carbonyl (C=O) groups excluding carboxylic acids is 2. The van der Waals surface area contributed by atoms with Crippen LogP contribution in [-0.2, 0) is 14.4 Å². The lowest BCUT2D eigenvalue weighted by molar-refractivity contribution is -0.766. The number of Topliss-reactive ketones (excluding diaryl/α,β-unsaturated/α-hetero) is 2. The molecule has 0 aliphatic carbocycles. The lowest BCUT2D eigenvalue weighted by Crippen LogP contribution is -2.63. The molecular formula is C8H14NO5+. The number of aliphatic hydroxyl groups is 1. The summed E-state index contributed by atoms with van der Waals surface area (Å²) in [5.41, 5.74) is 0. The maximum Gasteiger partial charge on any atom is 0.223 e. The molecule has 0 aliphatic rings. The van der Waals surface area contributed by atoms with Crippen molar-refractivity contribution in [2.24, 2.45) is 0 Å². The molecule has 0 fully saturated rings. The molecule has 1 unspecified atom stereocenters. The highest BCUT2D eigenvalue weighted by Crippen LogP contribution is 2.00. The van der Waals surface area contributed by atoms with Gasteiger partial charge < -0.3 is 5.11 Å². The lowest BCUT2D eigenvalue weighted by atomic mass is 10.1. The van der Waals surface area contributed by atoms with Gasteiger partial charge in [0.05, 0.1) is 17.4 Å². The van der Waals surface area contributed by atoms with Gasteiger partial charge in [-0.25, -0.2) is 4.84 Å². The zero-order valence-corrected chi connectivity index (χ0v) is 7.99. The Morgan fingerprint density at radius 1 is 1.43 bits per heavy atom. The van der Waals surface area contributed by atoms with E-state index in [2.05, 4.69) is 4.84 Å². The van der Waals surface area contributed by atoms with E-state index in [1.54, 1.807) is 6.92 Å². The second-order valence-electron chi connectivity index (χ2n) is 3.01. The van der Waals surface area contributed by atoms with Gasteiger partial charge in [0, 0.05) is 6.42 Å². The molecule has 0 amide bonds. The topological polar surface area (TPSA) is 94.6 Å². The molecule has 6 nitrogen and oxygen atoms in total. The molecule has 0 aliphatic heterocycles. The molecule has 6 heteroatoms. The van der Waals surface area contributed by atoms with Crippen molar-refractivity contribution in [1.29, 1.82) is 0 Å². The van der Waals surface area contributed by atoms with Gasteiger partial charge in [0.25, 0.3) is 0 Å². The molecule has 0 rings (SSSR count). The van der Waals surface area contributed by atoms with Crippen molar-refractivity contribution in [3.63, 3.8) is 0 Å². The average molecular weight is 204 g/mol. The van der Waals surface area contributed by atoms with Crippen LogP contribution in [0.2, 0.25) is 0 Å². The minimum absolute atomic E-state index is 0.161. The molecule has 0 radical (unpaired) electrons. The first-order chi connectivity index (χ1) is 6.56. The summed E-state index contributed by atoms with van der Waals surface area (Å²) in [7, 11) is 0. The summed E-state index contributed by atoms with van der Waals surface area (Å²) in [5.74, 6) is -0.714. The highest BCUT2D eigenvalue weighted by molar-refractivity contribution is 5.99. The third-order valence-electron chi connectivity index (χ3n) is 1.53. The first kappa shape index (κ1) is 12.7. The third-order valence-corrected chi connectivity index (χ3v) is 1.53. The first-order valence-electron chi connectivity index (χ1n) is 4.26. The van der Waals surface area contributed by atoms with Crippen molar-refractivity contribution in [1.82, 2.24) is 0 Å². The quantitative estimate of drug-likeness (QED) is 0.369. The van der Waals surface area contributed by atoms with Crippen LogP contribution < -0.4 is 5.34 Å². The highest BCUT2D eigenvalue weighted by Gasteiger charge is 2.12. The number of ketones is 2. The lowest BCUT2D eigenvalue weighted by Gasteiger charge is -2.01. The summed E-state index contributed by atoms with van der Waals surface area (Å²) in [5, 5.41) is 9.96. The molecule has 0 aromatic heterocycles. The van der Waals surface area contributed by atoms with Crippen LogP contribution in [0.5, 0.6) is 0 Å². The van der Waals surface area contributed by atoms with Crippen molar-refractivity contribution in [3.05, 3.63) is 4.91 Å². The van der Waals surface area contributed by atoms with Crippen LogP contribution in [0.4, 0.5) is 0 Å². The van der Waals surface area contributed by atoms with Crippen molar-refractivity contribution in [2.45, 2.75) is 32.3 Å². The number of rotatable bonds is 8. The Hall–Kier alpha value is -1.30. The summed E-state index contributed by atoms with van der Waals surface area (Å²) in [4.78, 5) is 35.6. The van der Waals surface area contributed by atoms with Gasteiger partial charge in [-0.1, -0.05) is 0 Å². The predicted octanol–water partition coefficient (Wildman–Crippen LogP) is -1.55. The molecule has 0 spiro atoms. The molecule has 14 heavy (non-hydrogen) atoms. The van der Waals surface area contributed by atoms with Gasteiger partial charge in [-0.3, -0.25) is 9.59 Å². The highest BCUT2D eigenvalue weighted by atomic mass is 16.7. The van der Waals surface area contributed by atoms with Crippen LogP contribution >= 0.6 is 0 Å². The summed E-state index contributed by atoms with van der Waals surface area (Å²) in [6.07, 6.45) is -0.302. The van der Waals surface area contributed by atoms with Crippen molar-refractivity contribution in [3.8, 4) is 0 Å². The van der Waals surface area contributed by atoms with Gasteiger partial charge >= 0.3 is 0 Å². The fourth-order valence-electron chi connectivity index (χ4n) is 0.839. The van der Waals surface area contributed by atoms with E-state index in [1.165, 1.54) is 0 Å². The van der Waals surface area contributed by atoms with Crippen LogP contribution in [0.1, 0.15) is 26.2 Å². The Kier molecular flexibility index (Phi) is 6.47. The van der Waals surface area contributed by atoms with Crippen LogP contribution in [0, 0.1) is 4.91 Å². The molecule has 0 bridgehead atoms. The zero-order valence-electron chi connectivity index (χ0n) is 7.99. The van der Waals surface area contributed by atoms with Gasteiger partial charge in [0.15, 0.2) is 5.78 Å². The Morgan fingerprint density at radius 2 is 2.07 bits per heavy atom. The molecule has 2 N–H and O–H groups in total.